The zero-order chi connectivity index (χ0) is 11.0. The van der Waals surface area contributed by atoms with Crippen molar-refractivity contribution in [3.63, 3.8) is 0 Å². The molecule has 0 N–H and O–H groups in total. The van der Waals surface area contributed by atoms with Crippen LogP contribution in [-0.2, 0) is 0 Å². The summed E-state index contributed by atoms with van der Waals surface area (Å²) in [6.07, 6.45) is 1.51. The number of halogens is 2. The van der Waals surface area contributed by atoms with E-state index >= 15 is 0 Å². The van der Waals surface area contributed by atoms with Gasteiger partial charge in [-0.15, -0.1) is 0 Å². The number of pyridine rings is 1. The second kappa shape index (κ2) is 3.80. The summed E-state index contributed by atoms with van der Waals surface area (Å²) in [4.78, 5) is 4.23. The van der Waals surface area contributed by atoms with E-state index in [2.05, 4.69) is 20.9 Å². The van der Waals surface area contributed by atoms with Gasteiger partial charge in [0.05, 0.1) is 16.1 Å². The largest absolute Gasteiger partial charge is 0.254 e. The maximum absolute atomic E-state index is 8.83. The molecule has 4 heteroatoms. The van der Waals surface area contributed by atoms with E-state index < -0.39 is 0 Å². The Morgan fingerprint density at radius 1 is 1.47 bits per heavy atom. The van der Waals surface area contributed by atoms with Crippen molar-refractivity contribution in [2.24, 2.45) is 0 Å². The van der Waals surface area contributed by atoms with Crippen molar-refractivity contribution in [1.82, 2.24) is 4.98 Å². The maximum atomic E-state index is 8.83. The van der Waals surface area contributed by atoms with Crippen LogP contribution in [-0.4, -0.2) is 4.98 Å². The minimum atomic E-state index is 0.404. The highest BCUT2D eigenvalue weighted by Crippen LogP contribution is 2.29. The van der Waals surface area contributed by atoms with Gasteiger partial charge in [0.2, 0.25) is 0 Å². The number of hydrogen-bond donors (Lipinski definition) is 0. The summed E-state index contributed by atoms with van der Waals surface area (Å²) < 4.78 is 0.936. The summed E-state index contributed by atoms with van der Waals surface area (Å²) in [6, 6.07) is 5.86. The van der Waals surface area contributed by atoms with E-state index in [1.807, 2.05) is 25.1 Å². The third kappa shape index (κ3) is 1.71. The molecule has 1 aromatic heterocycles. The van der Waals surface area contributed by atoms with E-state index in [0.29, 0.717) is 10.6 Å². The first-order valence-electron chi connectivity index (χ1n) is 4.28. The van der Waals surface area contributed by atoms with Gasteiger partial charge in [-0.3, -0.25) is 4.98 Å². The molecular formula is C11H6BrClN2. The highest BCUT2D eigenvalue weighted by molar-refractivity contribution is 9.10. The lowest BCUT2D eigenvalue weighted by Gasteiger charge is -2.05. The van der Waals surface area contributed by atoms with Crippen molar-refractivity contribution >= 4 is 38.4 Å². The highest BCUT2D eigenvalue weighted by atomic mass is 79.9. The Morgan fingerprint density at radius 3 is 2.87 bits per heavy atom. The Morgan fingerprint density at radius 2 is 2.20 bits per heavy atom. The van der Waals surface area contributed by atoms with Crippen molar-refractivity contribution in [2.75, 3.05) is 0 Å². The lowest BCUT2D eigenvalue weighted by molar-refractivity contribution is 1.34. The number of aryl methyl sites for hydroxylation is 1. The van der Waals surface area contributed by atoms with Gasteiger partial charge in [0.1, 0.15) is 6.07 Å². The summed E-state index contributed by atoms with van der Waals surface area (Å²) in [6.45, 7) is 1.96. The summed E-state index contributed by atoms with van der Waals surface area (Å²) in [7, 11) is 0. The fourth-order valence-electron chi connectivity index (χ4n) is 1.48. The van der Waals surface area contributed by atoms with Crippen LogP contribution in [0.15, 0.2) is 22.8 Å². The van der Waals surface area contributed by atoms with E-state index in [4.69, 9.17) is 16.9 Å². The normalized spacial score (nSPS) is 10.3. The quantitative estimate of drug-likeness (QED) is 0.736. The number of aromatic nitrogens is 1. The first-order valence-corrected chi connectivity index (χ1v) is 5.45. The van der Waals surface area contributed by atoms with Gasteiger partial charge in [-0.1, -0.05) is 27.5 Å². The molecule has 0 radical (unpaired) electrons. The second-order valence-corrected chi connectivity index (χ2v) is 4.51. The van der Waals surface area contributed by atoms with E-state index in [1.54, 1.807) is 0 Å². The average Bonchev–Trinajstić information content (AvgIpc) is 2.19. The fraction of sp³-hybridized carbons (Fsp3) is 0.0909. The number of nitrogens with zero attached hydrogens (tertiary/aromatic N) is 2. The van der Waals surface area contributed by atoms with Gasteiger partial charge in [-0.05, 0) is 24.6 Å². The van der Waals surface area contributed by atoms with E-state index in [-0.39, 0.29) is 0 Å². The van der Waals surface area contributed by atoms with Crippen LogP contribution in [0.25, 0.3) is 10.9 Å². The Hall–Kier alpha value is -1.11. The van der Waals surface area contributed by atoms with Gasteiger partial charge in [-0.2, -0.15) is 5.26 Å². The van der Waals surface area contributed by atoms with Gasteiger partial charge in [-0.25, -0.2) is 0 Å². The molecule has 0 aliphatic rings. The van der Waals surface area contributed by atoms with Crippen molar-refractivity contribution in [3.05, 3.63) is 39.0 Å². The highest BCUT2D eigenvalue weighted by Gasteiger charge is 2.08. The number of nitriles is 1. The van der Waals surface area contributed by atoms with Gasteiger partial charge in [0.25, 0.3) is 0 Å². The van der Waals surface area contributed by atoms with Gasteiger partial charge in [0, 0.05) is 16.1 Å². The number of fused-ring (bicyclic) bond motifs is 1. The van der Waals surface area contributed by atoms with Crippen molar-refractivity contribution in [3.8, 4) is 6.07 Å². The predicted octanol–water partition coefficient (Wildman–Crippen LogP) is 3.83. The number of hydrogen-bond acceptors (Lipinski definition) is 2. The van der Waals surface area contributed by atoms with Crippen LogP contribution in [0.4, 0.5) is 0 Å². The summed E-state index contributed by atoms with van der Waals surface area (Å²) >= 11 is 9.50. The van der Waals surface area contributed by atoms with Crippen LogP contribution in [0.3, 0.4) is 0 Å². The van der Waals surface area contributed by atoms with E-state index in [9.17, 15) is 0 Å². The van der Waals surface area contributed by atoms with Crippen molar-refractivity contribution in [2.45, 2.75) is 6.92 Å². The maximum Gasteiger partial charge on any atom is 0.102 e. The zero-order valence-electron chi connectivity index (χ0n) is 7.88. The standard InChI is InChI=1S/C11H6BrClN2/c1-6-2-8(12)3-9-10(13)7(4-14)5-15-11(6)9/h2-3,5H,1H3. The molecule has 1 aromatic carbocycles. The molecule has 0 unspecified atom stereocenters. The summed E-state index contributed by atoms with van der Waals surface area (Å²) in [5, 5.41) is 10.1. The average molecular weight is 282 g/mol. The minimum Gasteiger partial charge on any atom is -0.254 e. The SMILES string of the molecule is Cc1cc(Br)cc2c(Cl)c(C#N)cnc12. The lowest BCUT2D eigenvalue weighted by Crippen LogP contribution is -1.88. The number of benzene rings is 1. The Bertz CT molecular complexity index is 587. The molecule has 2 nitrogen and oxygen atoms in total. The smallest absolute Gasteiger partial charge is 0.102 e. The molecule has 0 atom stereocenters. The zero-order valence-corrected chi connectivity index (χ0v) is 10.2. The molecule has 0 aliphatic heterocycles. The Kier molecular flexibility index (Phi) is 2.64. The third-order valence-electron chi connectivity index (χ3n) is 2.18. The predicted molar refractivity (Wildman–Crippen MR) is 63.9 cm³/mol. The minimum absolute atomic E-state index is 0.404. The van der Waals surface area contributed by atoms with Crippen LogP contribution >= 0.6 is 27.5 Å². The molecular weight excluding hydrogens is 275 g/mol. The molecule has 0 saturated carbocycles. The van der Waals surface area contributed by atoms with Crippen LogP contribution in [0.1, 0.15) is 11.1 Å². The molecule has 0 amide bonds. The van der Waals surface area contributed by atoms with E-state index in [0.717, 1.165) is 20.9 Å². The first-order chi connectivity index (χ1) is 7.13. The summed E-state index contributed by atoms with van der Waals surface area (Å²) in [5.74, 6) is 0. The number of rotatable bonds is 0. The van der Waals surface area contributed by atoms with Crippen LogP contribution in [0.5, 0.6) is 0 Å². The van der Waals surface area contributed by atoms with Crippen molar-refractivity contribution < 1.29 is 0 Å². The topological polar surface area (TPSA) is 36.7 Å². The lowest BCUT2D eigenvalue weighted by atomic mass is 10.1. The third-order valence-corrected chi connectivity index (χ3v) is 3.05. The van der Waals surface area contributed by atoms with Gasteiger partial charge < -0.3 is 0 Å². The first kappa shape index (κ1) is 10.4. The Labute approximate surface area is 101 Å². The molecule has 0 bridgehead atoms. The fourth-order valence-corrected chi connectivity index (χ4v) is 2.29. The monoisotopic (exact) mass is 280 g/mol. The molecule has 0 spiro atoms. The molecule has 1 heterocycles. The molecule has 0 aliphatic carbocycles. The van der Waals surface area contributed by atoms with E-state index in [1.165, 1.54) is 6.20 Å². The molecule has 74 valence electrons. The molecule has 15 heavy (non-hydrogen) atoms. The molecule has 0 fully saturated rings. The molecule has 0 saturated heterocycles. The van der Waals surface area contributed by atoms with Gasteiger partial charge >= 0.3 is 0 Å². The van der Waals surface area contributed by atoms with Crippen molar-refractivity contribution in [1.29, 1.82) is 5.26 Å². The van der Waals surface area contributed by atoms with Crippen LogP contribution < -0.4 is 0 Å². The summed E-state index contributed by atoms with van der Waals surface area (Å²) in [5.41, 5.74) is 2.27. The van der Waals surface area contributed by atoms with Gasteiger partial charge in [0.15, 0.2) is 0 Å². The molecule has 2 aromatic rings. The van der Waals surface area contributed by atoms with Crippen LogP contribution in [0.2, 0.25) is 5.02 Å². The second-order valence-electron chi connectivity index (χ2n) is 3.22. The van der Waals surface area contributed by atoms with Crippen LogP contribution in [0, 0.1) is 18.3 Å². The Balaban J connectivity index is 2.94. The molecule has 2 rings (SSSR count).